The van der Waals surface area contributed by atoms with Crippen LogP contribution in [0.4, 0.5) is 0 Å². The van der Waals surface area contributed by atoms with Crippen molar-refractivity contribution in [2.75, 3.05) is 0 Å². The van der Waals surface area contributed by atoms with Crippen LogP contribution in [-0.4, -0.2) is 0 Å². The molecule has 0 amide bonds. The number of aryl methyl sites for hydroxylation is 2. The van der Waals surface area contributed by atoms with Crippen molar-refractivity contribution in [3.05, 3.63) is 70.8 Å². The van der Waals surface area contributed by atoms with E-state index in [1.807, 2.05) is 0 Å². The summed E-state index contributed by atoms with van der Waals surface area (Å²) in [6, 6.07) is 17.9. The molecule has 2 atom stereocenters. The fourth-order valence-corrected chi connectivity index (χ4v) is 5.09. The molecule has 0 nitrogen and oxygen atoms in total. The lowest BCUT2D eigenvalue weighted by atomic mass is 9.69. The number of hydrogen-bond donors (Lipinski definition) is 0. The Hall–Kier alpha value is -1.56. The van der Waals surface area contributed by atoms with E-state index in [1.54, 1.807) is 22.3 Å². The maximum atomic E-state index is 2.37. The molecular weight excluding hydrogens is 336 g/mol. The predicted octanol–water partition coefficient (Wildman–Crippen LogP) is 7.99. The molecule has 4 rings (SSSR count). The van der Waals surface area contributed by atoms with E-state index in [2.05, 4.69) is 90.1 Å². The van der Waals surface area contributed by atoms with Crippen molar-refractivity contribution in [2.24, 2.45) is 16.7 Å². The van der Waals surface area contributed by atoms with Gasteiger partial charge in [-0.05, 0) is 83.4 Å². The second-order valence-electron chi connectivity index (χ2n) is 11.1. The summed E-state index contributed by atoms with van der Waals surface area (Å²) in [5, 5.41) is 0. The summed E-state index contributed by atoms with van der Waals surface area (Å²) in [5.74, 6) is 1.62. The molecule has 0 aromatic heterocycles. The number of rotatable bonds is 0. The minimum absolute atomic E-state index is 0.413. The Labute approximate surface area is 173 Å². The molecule has 0 heteroatoms. The first kappa shape index (κ1) is 21.2. The van der Waals surface area contributed by atoms with Crippen LogP contribution in [0.3, 0.4) is 0 Å². The normalized spacial score (nSPS) is 21.8. The Morgan fingerprint density at radius 2 is 1.25 bits per heavy atom. The quantitative estimate of drug-likeness (QED) is 0.437. The fraction of sp³-hybridized carbons (Fsp3) is 0.571. The van der Waals surface area contributed by atoms with Gasteiger partial charge in [-0.2, -0.15) is 0 Å². The molecule has 2 unspecified atom stereocenters. The molecule has 0 bridgehead atoms. The van der Waals surface area contributed by atoms with Gasteiger partial charge in [-0.3, -0.25) is 0 Å². The molecule has 2 aromatic rings. The van der Waals surface area contributed by atoms with Gasteiger partial charge in [0.15, 0.2) is 0 Å². The van der Waals surface area contributed by atoms with Gasteiger partial charge in [0.2, 0.25) is 0 Å². The Morgan fingerprint density at radius 3 is 1.89 bits per heavy atom. The van der Waals surface area contributed by atoms with Gasteiger partial charge in [-0.1, -0.05) is 90.1 Å². The molecule has 0 saturated carbocycles. The Kier molecular flexibility index (Phi) is 6.37. The van der Waals surface area contributed by atoms with Crippen molar-refractivity contribution in [3.8, 4) is 0 Å². The molecule has 0 saturated heterocycles. The topological polar surface area (TPSA) is 0 Å². The third-order valence-electron chi connectivity index (χ3n) is 6.99. The van der Waals surface area contributed by atoms with Crippen LogP contribution in [0.5, 0.6) is 0 Å². The largest absolute Gasteiger partial charge is 0.0620 e. The molecule has 0 N–H and O–H groups in total. The van der Waals surface area contributed by atoms with Crippen molar-refractivity contribution < 1.29 is 0 Å². The highest BCUT2D eigenvalue weighted by atomic mass is 14.3. The first-order valence-corrected chi connectivity index (χ1v) is 11.3. The summed E-state index contributed by atoms with van der Waals surface area (Å²) in [4.78, 5) is 0. The fourth-order valence-electron chi connectivity index (χ4n) is 5.09. The van der Waals surface area contributed by atoms with Crippen LogP contribution in [0.2, 0.25) is 0 Å². The maximum absolute atomic E-state index is 2.37. The third kappa shape index (κ3) is 5.07. The van der Waals surface area contributed by atoms with E-state index in [0.717, 1.165) is 11.8 Å². The van der Waals surface area contributed by atoms with Gasteiger partial charge in [0.05, 0.1) is 0 Å². The van der Waals surface area contributed by atoms with Crippen LogP contribution in [0.25, 0.3) is 0 Å². The molecule has 2 aliphatic rings. The van der Waals surface area contributed by atoms with Crippen LogP contribution in [0, 0.1) is 16.7 Å². The predicted molar refractivity (Wildman–Crippen MR) is 123 cm³/mol. The zero-order valence-electron chi connectivity index (χ0n) is 19.0. The van der Waals surface area contributed by atoms with E-state index in [4.69, 9.17) is 0 Å². The first-order valence-electron chi connectivity index (χ1n) is 11.3. The van der Waals surface area contributed by atoms with Gasteiger partial charge in [0.25, 0.3) is 0 Å². The van der Waals surface area contributed by atoms with Crippen molar-refractivity contribution in [2.45, 2.75) is 86.0 Å². The van der Waals surface area contributed by atoms with E-state index in [-0.39, 0.29) is 0 Å². The molecule has 152 valence electrons. The lowest BCUT2D eigenvalue weighted by Crippen LogP contribution is -2.26. The molecule has 0 aliphatic heterocycles. The number of hydrogen-bond acceptors (Lipinski definition) is 0. The standard InChI is InChI=1S/2C14H20/c1-14(2,3)13-10-6-8-11-7-4-5-9-12(11)13;1-14(2,3)13-9-8-11-6-4-5-7-12(11)10-13/h4-5,7,9,13H,6,8,10H2,1-3H3;4-7,13H,8-10H2,1-3H3. The molecule has 28 heavy (non-hydrogen) atoms. The van der Waals surface area contributed by atoms with Crippen molar-refractivity contribution in [1.29, 1.82) is 0 Å². The van der Waals surface area contributed by atoms with Crippen LogP contribution < -0.4 is 0 Å². The average Bonchev–Trinajstić information content (AvgIpc) is 2.66. The van der Waals surface area contributed by atoms with Gasteiger partial charge >= 0.3 is 0 Å². The number of fused-ring (bicyclic) bond motifs is 2. The smallest absolute Gasteiger partial charge is 0.0110 e. The summed E-state index contributed by atoms with van der Waals surface area (Å²) in [7, 11) is 0. The second-order valence-corrected chi connectivity index (χ2v) is 11.1. The molecular formula is C28H40. The van der Waals surface area contributed by atoms with E-state index in [0.29, 0.717) is 10.8 Å². The Bertz CT molecular complexity index is 769. The highest BCUT2D eigenvalue weighted by Gasteiger charge is 2.30. The van der Waals surface area contributed by atoms with Crippen LogP contribution in [-0.2, 0) is 19.3 Å². The van der Waals surface area contributed by atoms with E-state index in [9.17, 15) is 0 Å². The van der Waals surface area contributed by atoms with Gasteiger partial charge in [-0.15, -0.1) is 0 Å². The summed E-state index contributed by atoms with van der Waals surface area (Å²) < 4.78 is 0. The highest BCUT2D eigenvalue weighted by Crippen LogP contribution is 2.43. The number of benzene rings is 2. The van der Waals surface area contributed by atoms with Gasteiger partial charge in [0.1, 0.15) is 0 Å². The average molecular weight is 377 g/mol. The molecule has 0 fully saturated rings. The first-order chi connectivity index (χ1) is 13.2. The van der Waals surface area contributed by atoms with Crippen molar-refractivity contribution in [3.63, 3.8) is 0 Å². The summed E-state index contributed by atoms with van der Waals surface area (Å²) in [5.41, 5.74) is 7.22. The summed E-state index contributed by atoms with van der Waals surface area (Å²) in [6.45, 7) is 14.2. The minimum atomic E-state index is 0.413. The molecule has 2 aromatic carbocycles. The highest BCUT2D eigenvalue weighted by molar-refractivity contribution is 5.33. The molecule has 0 spiro atoms. The van der Waals surface area contributed by atoms with Gasteiger partial charge < -0.3 is 0 Å². The van der Waals surface area contributed by atoms with Gasteiger partial charge in [-0.25, -0.2) is 0 Å². The zero-order valence-corrected chi connectivity index (χ0v) is 19.0. The lowest BCUT2D eigenvalue weighted by Gasteiger charge is -2.35. The zero-order chi connectivity index (χ0) is 20.4. The van der Waals surface area contributed by atoms with E-state index >= 15 is 0 Å². The minimum Gasteiger partial charge on any atom is -0.0620 e. The third-order valence-corrected chi connectivity index (χ3v) is 6.99. The van der Waals surface area contributed by atoms with E-state index < -0.39 is 0 Å². The van der Waals surface area contributed by atoms with Crippen LogP contribution in [0.15, 0.2) is 48.5 Å². The Morgan fingerprint density at radius 1 is 0.643 bits per heavy atom. The van der Waals surface area contributed by atoms with Crippen molar-refractivity contribution in [1.82, 2.24) is 0 Å². The SMILES string of the molecule is CC(C)(C)C1CCCc2ccccc21.CC(C)(C)C1CCc2ccccc2C1. The second kappa shape index (κ2) is 8.44. The van der Waals surface area contributed by atoms with E-state index in [1.165, 1.54) is 38.5 Å². The molecule has 2 aliphatic carbocycles. The molecule has 0 heterocycles. The maximum Gasteiger partial charge on any atom is -0.0110 e. The van der Waals surface area contributed by atoms with Crippen LogP contribution >= 0.6 is 0 Å². The summed E-state index contributed by atoms with van der Waals surface area (Å²) >= 11 is 0. The monoisotopic (exact) mass is 376 g/mol. The van der Waals surface area contributed by atoms with Crippen LogP contribution in [0.1, 0.15) is 89.0 Å². The Balaban J connectivity index is 0.000000161. The van der Waals surface area contributed by atoms with Crippen molar-refractivity contribution >= 4 is 0 Å². The lowest BCUT2D eigenvalue weighted by molar-refractivity contribution is 0.216. The molecule has 0 radical (unpaired) electrons. The van der Waals surface area contributed by atoms with Gasteiger partial charge in [0, 0.05) is 0 Å². The summed E-state index contributed by atoms with van der Waals surface area (Å²) in [6.07, 6.45) is 7.92.